The molecule has 0 aliphatic carbocycles. The Morgan fingerprint density at radius 1 is 1.20 bits per heavy atom. The zero-order chi connectivity index (χ0) is 10.8. The standard InChI is InChI=1S/C9H5Cl2IN2S/c10-6-2-1-5(3-7(6)11)4-8-13-14-9(12)15-8/h1-3H,4H2. The summed E-state index contributed by atoms with van der Waals surface area (Å²) in [6.45, 7) is 0. The molecule has 2 nitrogen and oxygen atoms in total. The van der Waals surface area contributed by atoms with Crippen molar-refractivity contribution in [1.82, 2.24) is 10.2 Å². The van der Waals surface area contributed by atoms with Gasteiger partial charge >= 0.3 is 0 Å². The predicted molar refractivity (Wildman–Crippen MR) is 71.9 cm³/mol. The fourth-order valence-corrected chi connectivity index (χ4v) is 2.92. The molecule has 15 heavy (non-hydrogen) atoms. The van der Waals surface area contributed by atoms with Crippen molar-refractivity contribution in [2.45, 2.75) is 6.42 Å². The number of nitrogens with zero attached hydrogens (tertiary/aromatic N) is 2. The molecular weight excluding hydrogens is 366 g/mol. The Bertz CT molecular complexity index is 487. The van der Waals surface area contributed by atoms with Gasteiger partial charge in [0.1, 0.15) is 5.01 Å². The lowest BCUT2D eigenvalue weighted by Gasteiger charge is -1.99. The molecule has 0 amide bonds. The van der Waals surface area contributed by atoms with E-state index in [9.17, 15) is 0 Å². The molecule has 0 fully saturated rings. The molecule has 0 aliphatic rings. The fraction of sp³-hybridized carbons (Fsp3) is 0.111. The summed E-state index contributed by atoms with van der Waals surface area (Å²) in [5.41, 5.74) is 1.09. The third kappa shape index (κ3) is 3.03. The molecule has 0 N–H and O–H groups in total. The first-order valence-corrected chi connectivity index (χ1v) is 6.72. The van der Waals surface area contributed by atoms with Crippen molar-refractivity contribution < 1.29 is 0 Å². The van der Waals surface area contributed by atoms with Crippen LogP contribution in [0.2, 0.25) is 10.0 Å². The van der Waals surface area contributed by atoms with Crippen LogP contribution in [0.4, 0.5) is 0 Å². The van der Waals surface area contributed by atoms with Gasteiger partial charge < -0.3 is 0 Å². The Labute approximate surface area is 115 Å². The maximum Gasteiger partial charge on any atom is 0.178 e. The summed E-state index contributed by atoms with van der Waals surface area (Å²) in [4.78, 5) is 0. The second-order valence-corrected chi connectivity index (χ2v) is 6.50. The molecule has 2 rings (SSSR count). The summed E-state index contributed by atoms with van der Waals surface area (Å²) in [7, 11) is 0. The summed E-state index contributed by atoms with van der Waals surface area (Å²) in [6.07, 6.45) is 0.748. The largest absolute Gasteiger partial charge is 0.178 e. The van der Waals surface area contributed by atoms with Crippen molar-refractivity contribution in [1.29, 1.82) is 0 Å². The first kappa shape index (κ1) is 11.6. The molecule has 0 saturated carbocycles. The van der Waals surface area contributed by atoms with Crippen LogP contribution >= 0.6 is 57.1 Å². The van der Waals surface area contributed by atoms with Gasteiger partial charge in [-0.15, -0.1) is 10.2 Å². The highest BCUT2D eigenvalue weighted by atomic mass is 127. The Morgan fingerprint density at radius 3 is 2.60 bits per heavy atom. The third-order valence-electron chi connectivity index (χ3n) is 1.78. The van der Waals surface area contributed by atoms with Crippen LogP contribution in [0, 0.1) is 3.01 Å². The van der Waals surface area contributed by atoms with Crippen molar-refractivity contribution in [2.24, 2.45) is 0 Å². The van der Waals surface area contributed by atoms with Gasteiger partial charge in [0.2, 0.25) is 0 Å². The maximum atomic E-state index is 5.92. The lowest BCUT2D eigenvalue weighted by Crippen LogP contribution is -1.87. The minimum atomic E-state index is 0.576. The summed E-state index contributed by atoms with van der Waals surface area (Å²) in [6, 6.07) is 5.60. The number of rotatable bonds is 2. The van der Waals surface area contributed by atoms with Crippen LogP contribution in [0.1, 0.15) is 10.6 Å². The Kier molecular flexibility index (Phi) is 3.82. The SMILES string of the molecule is Clc1ccc(Cc2nnc(I)s2)cc1Cl. The Morgan fingerprint density at radius 2 is 2.00 bits per heavy atom. The van der Waals surface area contributed by atoms with E-state index >= 15 is 0 Å². The minimum absolute atomic E-state index is 0.576. The minimum Gasteiger partial charge on any atom is -0.142 e. The number of hydrogen-bond acceptors (Lipinski definition) is 3. The highest BCUT2D eigenvalue weighted by Gasteiger charge is 2.04. The van der Waals surface area contributed by atoms with E-state index in [1.807, 2.05) is 12.1 Å². The average molecular weight is 371 g/mol. The number of hydrogen-bond donors (Lipinski definition) is 0. The molecule has 0 spiro atoms. The van der Waals surface area contributed by atoms with Crippen molar-refractivity contribution in [3.8, 4) is 0 Å². The van der Waals surface area contributed by atoms with E-state index in [0.717, 1.165) is 20.0 Å². The molecule has 6 heteroatoms. The van der Waals surface area contributed by atoms with Crippen molar-refractivity contribution >= 4 is 57.1 Å². The highest BCUT2D eigenvalue weighted by Crippen LogP contribution is 2.24. The summed E-state index contributed by atoms with van der Waals surface area (Å²) in [5, 5.41) is 10.1. The van der Waals surface area contributed by atoms with Gasteiger partial charge in [0, 0.05) is 6.42 Å². The molecule has 0 bridgehead atoms. The van der Waals surface area contributed by atoms with Gasteiger partial charge in [-0.2, -0.15) is 0 Å². The Balaban J connectivity index is 2.21. The molecule has 78 valence electrons. The summed E-state index contributed by atoms with van der Waals surface area (Å²) in [5.74, 6) is 0. The smallest absolute Gasteiger partial charge is 0.142 e. The second-order valence-electron chi connectivity index (χ2n) is 2.87. The first-order valence-electron chi connectivity index (χ1n) is 4.07. The second kappa shape index (κ2) is 4.95. The van der Waals surface area contributed by atoms with Crippen LogP contribution < -0.4 is 0 Å². The van der Waals surface area contributed by atoms with Crippen LogP contribution in [0.15, 0.2) is 18.2 Å². The summed E-state index contributed by atoms with van der Waals surface area (Å²) < 4.78 is 0.947. The van der Waals surface area contributed by atoms with Gasteiger partial charge in [-0.1, -0.05) is 40.6 Å². The normalized spacial score (nSPS) is 10.6. The molecule has 0 unspecified atom stereocenters. The van der Waals surface area contributed by atoms with Crippen LogP contribution in [0.3, 0.4) is 0 Å². The van der Waals surface area contributed by atoms with Gasteiger partial charge in [-0.25, -0.2) is 0 Å². The summed E-state index contributed by atoms with van der Waals surface area (Å²) >= 11 is 15.5. The van der Waals surface area contributed by atoms with Crippen LogP contribution in [0.5, 0.6) is 0 Å². The molecule has 2 aromatic rings. The molecule has 0 aliphatic heterocycles. The zero-order valence-electron chi connectivity index (χ0n) is 7.38. The molecule has 1 aromatic carbocycles. The molecule has 0 saturated heterocycles. The fourth-order valence-electron chi connectivity index (χ4n) is 1.13. The Hall–Kier alpha value is 0.0900. The maximum absolute atomic E-state index is 5.92. The third-order valence-corrected chi connectivity index (χ3v) is 4.11. The molecule has 1 aromatic heterocycles. The van der Waals surface area contributed by atoms with Gasteiger partial charge in [-0.3, -0.25) is 0 Å². The van der Waals surface area contributed by atoms with E-state index in [0.29, 0.717) is 10.0 Å². The number of aromatic nitrogens is 2. The first-order chi connectivity index (χ1) is 7.15. The monoisotopic (exact) mass is 370 g/mol. The van der Waals surface area contributed by atoms with E-state index in [4.69, 9.17) is 23.2 Å². The van der Waals surface area contributed by atoms with Gasteiger partial charge in [0.25, 0.3) is 0 Å². The van der Waals surface area contributed by atoms with E-state index in [1.165, 1.54) is 0 Å². The molecule has 0 radical (unpaired) electrons. The van der Waals surface area contributed by atoms with Crippen LogP contribution in [0.25, 0.3) is 0 Å². The van der Waals surface area contributed by atoms with E-state index < -0.39 is 0 Å². The van der Waals surface area contributed by atoms with Gasteiger partial charge in [0.15, 0.2) is 3.01 Å². The highest BCUT2D eigenvalue weighted by molar-refractivity contribution is 14.1. The average Bonchev–Trinajstić information content (AvgIpc) is 2.58. The van der Waals surface area contributed by atoms with Gasteiger partial charge in [0.05, 0.1) is 10.0 Å². The molecule has 1 heterocycles. The van der Waals surface area contributed by atoms with Crippen LogP contribution in [-0.4, -0.2) is 10.2 Å². The lowest BCUT2D eigenvalue weighted by atomic mass is 10.2. The van der Waals surface area contributed by atoms with Gasteiger partial charge in [-0.05, 0) is 40.3 Å². The van der Waals surface area contributed by atoms with Crippen molar-refractivity contribution in [3.05, 3.63) is 41.8 Å². The van der Waals surface area contributed by atoms with E-state index in [-0.39, 0.29) is 0 Å². The van der Waals surface area contributed by atoms with Crippen molar-refractivity contribution in [2.75, 3.05) is 0 Å². The molecule has 0 atom stereocenters. The van der Waals surface area contributed by atoms with E-state index in [2.05, 4.69) is 32.8 Å². The number of halogens is 3. The van der Waals surface area contributed by atoms with Crippen LogP contribution in [-0.2, 0) is 6.42 Å². The number of benzene rings is 1. The zero-order valence-corrected chi connectivity index (χ0v) is 11.9. The predicted octanol–water partition coefficient (Wildman–Crippen LogP) is 4.04. The van der Waals surface area contributed by atoms with Crippen molar-refractivity contribution in [3.63, 3.8) is 0 Å². The topological polar surface area (TPSA) is 25.8 Å². The molecular formula is C9H5Cl2IN2S. The quantitative estimate of drug-likeness (QED) is 0.745. The lowest BCUT2D eigenvalue weighted by molar-refractivity contribution is 0.991. The van der Waals surface area contributed by atoms with E-state index in [1.54, 1.807) is 17.4 Å².